The predicted octanol–water partition coefficient (Wildman–Crippen LogP) is 0.944. The number of fused-ring (bicyclic) bond motifs is 1. The highest BCUT2D eigenvalue weighted by Gasteiger charge is 2.04. The lowest BCUT2D eigenvalue weighted by Crippen LogP contribution is -1.98. The van der Waals surface area contributed by atoms with Gasteiger partial charge in [0.2, 0.25) is 5.78 Å². The lowest BCUT2D eigenvalue weighted by molar-refractivity contribution is -0.104. The van der Waals surface area contributed by atoms with Gasteiger partial charge in [-0.25, -0.2) is 4.98 Å². The molecule has 1 heterocycles. The second-order valence-electron chi connectivity index (χ2n) is 2.62. The minimum absolute atomic E-state index is 0.303. The van der Waals surface area contributed by atoms with E-state index in [9.17, 15) is 9.59 Å². The van der Waals surface area contributed by atoms with Gasteiger partial charge in [-0.15, -0.1) is 0 Å². The van der Waals surface area contributed by atoms with Crippen molar-refractivity contribution in [1.82, 2.24) is 9.97 Å². The number of carbonyl (C=O) groups excluding carboxylic acids is 2. The molecule has 0 unspecified atom stereocenters. The predicted molar refractivity (Wildman–Crippen MR) is 46.5 cm³/mol. The molecule has 2 rings (SSSR count). The fraction of sp³-hybridized carbons (Fsp3) is 0. The molecule has 64 valence electrons. The summed E-state index contributed by atoms with van der Waals surface area (Å²) in [5.74, 6) is -0.517. The number of H-pyrrole nitrogens is 1. The van der Waals surface area contributed by atoms with E-state index in [-0.39, 0.29) is 0 Å². The van der Waals surface area contributed by atoms with Crippen LogP contribution in [0.2, 0.25) is 0 Å². The summed E-state index contributed by atoms with van der Waals surface area (Å²) < 4.78 is 0. The highest BCUT2D eigenvalue weighted by molar-refractivity contribution is 6.33. The highest BCUT2D eigenvalue weighted by Crippen LogP contribution is 2.11. The second kappa shape index (κ2) is 2.82. The van der Waals surface area contributed by atoms with Crippen LogP contribution in [0.25, 0.3) is 11.0 Å². The first-order valence-corrected chi connectivity index (χ1v) is 3.74. The van der Waals surface area contributed by atoms with Crippen LogP contribution in [-0.2, 0) is 4.79 Å². The van der Waals surface area contributed by atoms with Crippen LogP contribution in [0, 0.1) is 0 Å². The summed E-state index contributed by atoms with van der Waals surface area (Å²) in [7, 11) is 0. The Morgan fingerprint density at radius 3 is 3.08 bits per heavy atom. The van der Waals surface area contributed by atoms with E-state index in [4.69, 9.17) is 0 Å². The van der Waals surface area contributed by atoms with Gasteiger partial charge >= 0.3 is 0 Å². The van der Waals surface area contributed by atoms with Crippen LogP contribution >= 0.6 is 0 Å². The van der Waals surface area contributed by atoms with Gasteiger partial charge in [-0.1, -0.05) is 0 Å². The van der Waals surface area contributed by atoms with Crippen molar-refractivity contribution in [1.29, 1.82) is 0 Å². The summed E-state index contributed by atoms with van der Waals surface area (Å²) in [6.07, 6.45) is 1.84. The Kier molecular flexibility index (Phi) is 1.66. The molecule has 0 saturated heterocycles. The van der Waals surface area contributed by atoms with Crippen molar-refractivity contribution in [2.75, 3.05) is 0 Å². The average molecular weight is 174 g/mol. The Bertz CT molecular complexity index is 473. The number of Topliss-reactive ketones (excluding diaryl/α,β-unsaturated/α-hetero) is 1. The molecule has 0 fully saturated rings. The summed E-state index contributed by atoms with van der Waals surface area (Å²) >= 11 is 0. The molecule has 0 aliphatic heterocycles. The monoisotopic (exact) mass is 174 g/mol. The number of benzene rings is 1. The quantitative estimate of drug-likeness (QED) is 0.418. The van der Waals surface area contributed by atoms with Gasteiger partial charge in [-0.05, 0) is 18.2 Å². The molecule has 0 radical (unpaired) electrons. The van der Waals surface area contributed by atoms with Gasteiger partial charge in [-0.3, -0.25) is 9.59 Å². The Morgan fingerprint density at radius 2 is 2.31 bits per heavy atom. The number of ketones is 1. The molecule has 1 aromatic carbocycles. The molecule has 4 nitrogen and oxygen atoms in total. The van der Waals surface area contributed by atoms with Crippen molar-refractivity contribution in [3.8, 4) is 0 Å². The number of aromatic amines is 1. The molecule has 1 N–H and O–H groups in total. The van der Waals surface area contributed by atoms with Crippen molar-refractivity contribution in [3.05, 3.63) is 30.1 Å². The molecule has 0 aliphatic rings. The molecule has 0 aliphatic carbocycles. The average Bonchev–Trinajstić information content (AvgIpc) is 2.63. The Hall–Kier alpha value is -1.97. The van der Waals surface area contributed by atoms with E-state index in [0.29, 0.717) is 11.8 Å². The highest BCUT2D eigenvalue weighted by atomic mass is 16.2. The van der Waals surface area contributed by atoms with Crippen molar-refractivity contribution >= 4 is 23.1 Å². The molecule has 4 heteroatoms. The van der Waals surface area contributed by atoms with Gasteiger partial charge in [0, 0.05) is 5.56 Å². The molecule has 0 amide bonds. The molecule has 0 saturated carbocycles. The van der Waals surface area contributed by atoms with Crippen LogP contribution in [0.1, 0.15) is 10.4 Å². The number of aromatic nitrogens is 2. The summed E-state index contributed by atoms with van der Waals surface area (Å²) in [6, 6.07) is 4.89. The third kappa shape index (κ3) is 1.22. The zero-order chi connectivity index (χ0) is 9.26. The lowest BCUT2D eigenvalue weighted by atomic mass is 10.1. The molecule has 0 atom stereocenters. The van der Waals surface area contributed by atoms with E-state index < -0.39 is 5.78 Å². The molecule has 0 bridgehead atoms. The normalized spacial score (nSPS) is 10.2. The molecular formula is C9H6N2O2. The maximum absolute atomic E-state index is 11.0. The summed E-state index contributed by atoms with van der Waals surface area (Å²) in [5.41, 5.74) is 1.92. The van der Waals surface area contributed by atoms with E-state index in [2.05, 4.69) is 9.97 Å². The van der Waals surface area contributed by atoms with Gasteiger partial charge in [0.05, 0.1) is 17.4 Å². The van der Waals surface area contributed by atoms with E-state index in [1.165, 1.54) is 0 Å². The second-order valence-corrected chi connectivity index (χ2v) is 2.62. The minimum atomic E-state index is -0.517. The fourth-order valence-corrected chi connectivity index (χ4v) is 1.16. The van der Waals surface area contributed by atoms with Crippen LogP contribution in [0.5, 0.6) is 0 Å². The van der Waals surface area contributed by atoms with Gasteiger partial charge in [0.15, 0.2) is 6.29 Å². The van der Waals surface area contributed by atoms with Gasteiger partial charge in [0.1, 0.15) is 0 Å². The number of rotatable bonds is 2. The number of hydrogen-bond donors (Lipinski definition) is 1. The van der Waals surface area contributed by atoms with Crippen LogP contribution in [-0.4, -0.2) is 22.0 Å². The van der Waals surface area contributed by atoms with Crippen LogP contribution in [0.4, 0.5) is 0 Å². The van der Waals surface area contributed by atoms with E-state index >= 15 is 0 Å². The number of carbonyl (C=O) groups is 2. The zero-order valence-electron chi connectivity index (χ0n) is 6.65. The topological polar surface area (TPSA) is 62.8 Å². The Balaban J connectivity index is 2.60. The smallest absolute Gasteiger partial charge is 0.225 e. The molecular weight excluding hydrogens is 168 g/mol. The van der Waals surface area contributed by atoms with E-state index in [1.54, 1.807) is 24.5 Å². The molecule has 0 spiro atoms. The maximum Gasteiger partial charge on any atom is 0.225 e. The summed E-state index contributed by atoms with van der Waals surface area (Å²) in [5, 5.41) is 0. The Labute approximate surface area is 73.6 Å². The summed E-state index contributed by atoms with van der Waals surface area (Å²) in [4.78, 5) is 28.0. The van der Waals surface area contributed by atoms with Crippen molar-refractivity contribution in [3.63, 3.8) is 0 Å². The molecule has 1 aromatic heterocycles. The zero-order valence-corrected chi connectivity index (χ0v) is 6.65. The third-order valence-electron chi connectivity index (χ3n) is 1.81. The maximum atomic E-state index is 11.0. The van der Waals surface area contributed by atoms with Crippen LogP contribution in [0.15, 0.2) is 24.5 Å². The first-order chi connectivity index (χ1) is 6.31. The standard InChI is InChI=1S/C9H6N2O2/c12-4-9(13)6-1-2-7-8(3-6)11-5-10-7/h1-5H,(H,10,11). The largest absolute Gasteiger partial charge is 0.345 e. The third-order valence-corrected chi connectivity index (χ3v) is 1.81. The first-order valence-electron chi connectivity index (χ1n) is 3.74. The van der Waals surface area contributed by atoms with Gasteiger partial charge in [-0.2, -0.15) is 0 Å². The van der Waals surface area contributed by atoms with Gasteiger partial charge in [0.25, 0.3) is 0 Å². The number of imidazole rings is 1. The van der Waals surface area contributed by atoms with Crippen LogP contribution < -0.4 is 0 Å². The molecule has 13 heavy (non-hydrogen) atoms. The van der Waals surface area contributed by atoms with Crippen LogP contribution in [0.3, 0.4) is 0 Å². The fourth-order valence-electron chi connectivity index (χ4n) is 1.16. The van der Waals surface area contributed by atoms with E-state index in [0.717, 1.165) is 11.0 Å². The number of nitrogens with one attached hydrogen (secondary N) is 1. The van der Waals surface area contributed by atoms with Gasteiger partial charge < -0.3 is 4.98 Å². The minimum Gasteiger partial charge on any atom is -0.345 e. The lowest BCUT2D eigenvalue weighted by Gasteiger charge is -1.92. The SMILES string of the molecule is O=CC(=O)c1ccc2nc[nH]c2c1. The van der Waals surface area contributed by atoms with E-state index in [1.807, 2.05) is 0 Å². The van der Waals surface area contributed by atoms with Crippen molar-refractivity contribution in [2.24, 2.45) is 0 Å². The summed E-state index contributed by atoms with van der Waals surface area (Å²) in [6.45, 7) is 0. The van der Waals surface area contributed by atoms with Crippen molar-refractivity contribution in [2.45, 2.75) is 0 Å². The number of hydrogen-bond acceptors (Lipinski definition) is 3. The Morgan fingerprint density at radius 1 is 1.46 bits per heavy atom. The first kappa shape index (κ1) is 7.67. The molecule has 2 aromatic rings. The number of aldehydes is 1. The number of nitrogens with zero attached hydrogens (tertiary/aromatic N) is 1. The van der Waals surface area contributed by atoms with Crippen molar-refractivity contribution < 1.29 is 9.59 Å².